The van der Waals surface area contributed by atoms with Crippen molar-refractivity contribution in [2.24, 2.45) is 0 Å². The van der Waals surface area contributed by atoms with E-state index < -0.39 is 16.7 Å². The molecule has 0 aliphatic rings. The topological polar surface area (TPSA) is 165 Å². The first-order valence-electron chi connectivity index (χ1n) is 6.07. The van der Waals surface area contributed by atoms with E-state index >= 15 is 0 Å². The average molecular weight is 392 g/mol. The molecule has 0 saturated carbocycles. The van der Waals surface area contributed by atoms with E-state index in [2.05, 4.69) is 15.0 Å². The molecule has 134 valence electrons. The Morgan fingerprint density at radius 2 is 0.840 bits per heavy atom. The van der Waals surface area contributed by atoms with Crippen molar-refractivity contribution in [3.05, 3.63) is 86.8 Å². The molecular weight excluding hydrogens is 380 g/mol. The first kappa shape index (κ1) is 21.6. The Balaban J connectivity index is 0.000000339. The van der Waals surface area contributed by atoms with Gasteiger partial charge in [-0.2, -0.15) is 14.2 Å². The van der Waals surface area contributed by atoms with Crippen LogP contribution in [0.3, 0.4) is 0 Å². The molecule has 0 spiro atoms. The molecule has 12 nitrogen and oxygen atoms in total. The third-order valence-corrected chi connectivity index (χ3v) is 2.11. The van der Waals surface area contributed by atoms with Crippen LogP contribution in [-0.2, 0) is 17.1 Å². The zero-order chi connectivity index (χ0) is 17.9. The Morgan fingerprint density at radius 1 is 0.600 bits per heavy atom. The van der Waals surface area contributed by atoms with Gasteiger partial charge in [-0.1, -0.05) is 0 Å². The van der Waals surface area contributed by atoms with Crippen LogP contribution in [0.4, 0.5) is 0 Å². The molecule has 0 atom stereocenters. The molecule has 3 N–H and O–H groups in total. The van der Waals surface area contributed by atoms with Crippen LogP contribution >= 0.6 is 0 Å². The van der Waals surface area contributed by atoms with Crippen molar-refractivity contribution in [3.8, 4) is 0 Å². The molecule has 0 unspecified atom stereocenters. The Bertz CT molecular complexity index is 817. The van der Waals surface area contributed by atoms with Gasteiger partial charge in [0.05, 0.1) is 37.2 Å². The summed E-state index contributed by atoms with van der Waals surface area (Å²) < 4.78 is 1.40. The van der Waals surface area contributed by atoms with Crippen LogP contribution in [0, 0.1) is 0 Å². The number of hydrogen-bond donors (Lipinski definition) is 3. The maximum absolute atomic E-state index is 10.3. The second-order valence-corrected chi connectivity index (χ2v) is 3.78. The average Bonchev–Trinajstić information content (AvgIpc) is 2.57. The van der Waals surface area contributed by atoms with E-state index in [1.165, 1.54) is 37.2 Å². The largest absolute Gasteiger partial charge is 0.425 e. The van der Waals surface area contributed by atoms with E-state index in [-0.39, 0.29) is 17.1 Å². The maximum Gasteiger partial charge on any atom is 0.301 e. The normalized spacial score (nSPS) is 8.64. The summed E-state index contributed by atoms with van der Waals surface area (Å²) in [6.07, 6.45) is 10.6. The van der Waals surface area contributed by atoms with Gasteiger partial charge in [0.2, 0.25) is 0 Å². The predicted molar refractivity (Wildman–Crippen MR) is 77.0 cm³/mol. The van der Waals surface area contributed by atoms with Crippen LogP contribution in [0.25, 0.3) is 0 Å². The van der Waals surface area contributed by atoms with E-state index in [0.29, 0.717) is 14.2 Å². The molecule has 0 aliphatic heterocycles. The Hall–Kier alpha value is -3.44. The Kier molecular flexibility index (Phi) is 9.62. The molecule has 3 heterocycles. The Morgan fingerprint density at radius 3 is 0.960 bits per heavy atom. The summed E-state index contributed by atoms with van der Waals surface area (Å²) in [7, 11) is 0. The fraction of sp³-hybridized carbons (Fsp3) is 0. The second-order valence-electron chi connectivity index (χ2n) is 3.78. The molecule has 0 aromatic carbocycles. The molecular formula is C12H12FeN6O6. The number of hydrogen-bond acceptors (Lipinski definition) is 9. The van der Waals surface area contributed by atoms with E-state index in [1.54, 1.807) is 0 Å². The minimum Gasteiger partial charge on any atom is -0.425 e. The summed E-state index contributed by atoms with van der Waals surface area (Å²) in [6.45, 7) is 0. The summed E-state index contributed by atoms with van der Waals surface area (Å²) in [4.78, 5) is 41.2. The van der Waals surface area contributed by atoms with Gasteiger partial charge in [-0.15, -0.1) is 0 Å². The molecule has 25 heavy (non-hydrogen) atoms. The summed E-state index contributed by atoms with van der Waals surface area (Å²) in [5.74, 6) is 0. The molecule has 0 saturated heterocycles. The zero-order valence-corrected chi connectivity index (χ0v) is 13.4. The molecule has 0 fully saturated rings. The van der Waals surface area contributed by atoms with Crippen molar-refractivity contribution in [1.82, 2.24) is 29.1 Å². The van der Waals surface area contributed by atoms with Gasteiger partial charge in [-0.05, 0) is 0 Å². The summed E-state index contributed by atoms with van der Waals surface area (Å²) >= 11 is 0. The van der Waals surface area contributed by atoms with E-state index in [1.807, 2.05) is 0 Å². The van der Waals surface area contributed by atoms with Crippen LogP contribution in [-0.4, -0.2) is 44.8 Å². The van der Waals surface area contributed by atoms with E-state index in [0.717, 1.165) is 18.6 Å². The van der Waals surface area contributed by atoms with Crippen molar-refractivity contribution in [2.75, 3.05) is 0 Å². The summed E-state index contributed by atoms with van der Waals surface area (Å²) in [5, 5.41) is 25.5. The van der Waals surface area contributed by atoms with Gasteiger partial charge in [0.15, 0.2) is 0 Å². The molecule has 3 rings (SSSR count). The number of aromatic nitrogens is 6. The third-order valence-electron chi connectivity index (χ3n) is 2.11. The monoisotopic (exact) mass is 392 g/mol. The van der Waals surface area contributed by atoms with Gasteiger partial charge in [-0.25, -0.2) is 0 Å². The first-order valence-corrected chi connectivity index (χ1v) is 6.07. The van der Waals surface area contributed by atoms with Crippen molar-refractivity contribution in [2.45, 2.75) is 0 Å². The fourth-order valence-electron chi connectivity index (χ4n) is 1.02. The van der Waals surface area contributed by atoms with Crippen molar-refractivity contribution in [3.63, 3.8) is 0 Å². The first-order chi connectivity index (χ1) is 11.4. The smallest absolute Gasteiger partial charge is 0.301 e. The minimum atomic E-state index is -0.521. The van der Waals surface area contributed by atoms with E-state index in [9.17, 15) is 14.4 Å². The second kappa shape index (κ2) is 11.2. The van der Waals surface area contributed by atoms with Crippen LogP contribution in [0.15, 0.2) is 70.2 Å². The quantitative estimate of drug-likeness (QED) is 0.303. The van der Waals surface area contributed by atoms with Crippen LogP contribution in [0.5, 0.6) is 0 Å². The third kappa shape index (κ3) is 8.10. The molecule has 0 aliphatic carbocycles. The number of rotatable bonds is 0. The van der Waals surface area contributed by atoms with Gasteiger partial charge >= 0.3 is 16.7 Å². The zero-order valence-electron chi connectivity index (χ0n) is 12.3. The van der Waals surface area contributed by atoms with Crippen molar-refractivity contribution in [1.29, 1.82) is 0 Å². The summed E-state index contributed by atoms with van der Waals surface area (Å²) in [5.41, 5.74) is -1.56. The molecule has 0 bridgehead atoms. The van der Waals surface area contributed by atoms with Crippen molar-refractivity contribution >= 4 is 0 Å². The van der Waals surface area contributed by atoms with Gasteiger partial charge in [0.1, 0.15) is 0 Å². The molecule has 13 heteroatoms. The maximum atomic E-state index is 10.3. The molecule has 3 aromatic rings. The Labute approximate surface area is 149 Å². The van der Waals surface area contributed by atoms with Crippen LogP contribution < -0.4 is 16.7 Å². The van der Waals surface area contributed by atoms with E-state index in [4.69, 9.17) is 15.6 Å². The van der Waals surface area contributed by atoms with Crippen molar-refractivity contribution < 1.29 is 32.7 Å². The minimum absolute atomic E-state index is 0. The summed E-state index contributed by atoms with van der Waals surface area (Å²) in [6, 6.07) is 0. The number of nitrogens with zero attached hydrogens (tertiary/aromatic N) is 6. The van der Waals surface area contributed by atoms with Gasteiger partial charge in [-0.3, -0.25) is 29.3 Å². The molecule has 3 aromatic heterocycles. The fourth-order valence-corrected chi connectivity index (χ4v) is 1.02. The van der Waals surface area contributed by atoms with Gasteiger partial charge < -0.3 is 15.6 Å². The van der Waals surface area contributed by atoms with Gasteiger partial charge in [0, 0.05) is 35.7 Å². The standard InChI is InChI=1S/3C4H4N2O2.Fe/c3*7-4-3-5-1-2-6(4)8;/h3*1-3,8H;. The van der Waals surface area contributed by atoms with Crippen LogP contribution in [0.2, 0.25) is 0 Å². The molecule has 0 amide bonds. The van der Waals surface area contributed by atoms with Crippen LogP contribution in [0.1, 0.15) is 0 Å². The SMILES string of the molecule is O=c1cnccn1O.O=c1cnccn1O.O=c1cnccn1O.[Fe]. The van der Waals surface area contributed by atoms with Gasteiger partial charge in [0.25, 0.3) is 0 Å². The molecule has 0 radical (unpaired) electrons. The predicted octanol–water partition coefficient (Wildman–Crippen LogP) is -1.56.